The normalized spacial score (nSPS) is 10.9. The molecule has 2 heterocycles. The number of halogens is 2. The van der Waals surface area contributed by atoms with E-state index in [4.69, 9.17) is 27.6 Å². The molecule has 0 aliphatic carbocycles. The number of benzene rings is 1. The quantitative estimate of drug-likeness (QED) is 0.539. The number of thiazole rings is 1. The second kappa shape index (κ2) is 8.71. The van der Waals surface area contributed by atoms with Gasteiger partial charge in [-0.25, -0.2) is 4.98 Å². The highest BCUT2D eigenvalue weighted by Crippen LogP contribution is 2.29. The lowest BCUT2D eigenvalue weighted by atomic mass is 10.1. The van der Waals surface area contributed by atoms with Crippen LogP contribution >= 0.6 is 34.5 Å². The van der Waals surface area contributed by atoms with Crippen molar-refractivity contribution >= 4 is 45.6 Å². The molecule has 0 saturated heterocycles. The predicted molar refractivity (Wildman–Crippen MR) is 106 cm³/mol. The zero-order valence-electron chi connectivity index (χ0n) is 14.2. The minimum absolute atomic E-state index is 0.0823. The van der Waals surface area contributed by atoms with Crippen molar-refractivity contribution < 1.29 is 9.21 Å². The Hall–Kier alpha value is -1.82. The van der Waals surface area contributed by atoms with Crippen LogP contribution in [0, 0.1) is 0 Å². The molecule has 0 spiro atoms. The number of carbonyl (C=O) groups is 1. The summed E-state index contributed by atoms with van der Waals surface area (Å²) >= 11 is 13.7. The molecular formula is C19H18Cl2N2O2S. The van der Waals surface area contributed by atoms with Crippen molar-refractivity contribution in [1.82, 2.24) is 4.98 Å². The Kier molecular flexibility index (Phi) is 6.35. The fraction of sp³-hybridized carbons (Fsp3) is 0.263. The molecule has 3 rings (SSSR count). The van der Waals surface area contributed by atoms with Crippen LogP contribution in [0.25, 0.3) is 0 Å². The van der Waals surface area contributed by atoms with Gasteiger partial charge in [0, 0.05) is 36.8 Å². The van der Waals surface area contributed by atoms with Gasteiger partial charge in [-0.1, -0.05) is 42.3 Å². The zero-order chi connectivity index (χ0) is 18.5. The number of aromatic nitrogens is 1. The van der Waals surface area contributed by atoms with Gasteiger partial charge < -0.3 is 9.73 Å². The summed E-state index contributed by atoms with van der Waals surface area (Å²) < 4.78 is 5.61. The second-order valence-electron chi connectivity index (χ2n) is 5.79. The number of nitrogens with one attached hydrogen (secondary N) is 1. The molecule has 1 aromatic carbocycles. The smallest absolute Gasteiger partial charge is 0.226 e. The lowest BCUT2D eigenvalue weighted by Crippen LogP contribution is -2.11. The van der Waals surface area contributed by atoms with Gasteiger partial charge in [-0.05, 0) is 23.8 Å². The fourth-order valence-corrected chi connectivity index (χ4v) is 3.72. The third-order valence-electron chi connectivity index (χ3n) is 3.86. The molecular weight excluding hydrogens is 391 g/mol. The topological polar surface area (TPSA) is 55.1 Å². The van der Waals surface area contributed by atoms with Crippen LogP contribution < -0.4 is 5.32 Å². The highest BCUT2D eigenvalue weighted by Gasteiger charge is 2.11. The van der Waals surface area contributed by atoms with Crippen LogP contribution in [-0.4, -0.2) is 10.9 Å². The van der Waals surface area contributed by atoms with Crippen molar-refractivity contribution in [2.75, 3.05) is 5.32 Å². The van der Waals surface area contributed by atoms with Gasteiger partial charge in [-0.2, -0.15) is 0 Å². The summed E-state index contributed by atoms with van der Waals surface area (Å²) in [5.74, 6) is 1.68. The average Bonchev–Trinajstić information content (AvgIpc) is 3.26. The molecule has 0 atom stereocenters. The Labute approximate surface area is 166 Å². The van der Waals surface area contributed by atoms with Gasteiger partial charge in [0.15, 0.2) is 5.13 Å². The van der Waals surface area contributed by atoms with Gasteiger partial charge >= 0.3 is 0 Å². The van der Waals surface area contributed by atoms with Gasteiger partial charge in [0.05, 0.1) is 10.0 Å². The van der Waals surface area contributed by atoms with E-state index in [1.165, 1.54) is 11.3 Å². The second-order valence-corrected chi connectivity index (χ2v) is 7.69. The van der Waals surface area contributed by atoms with Gasteiger partial charge in [0.1, 0.15) is 11.5 Å². The Balaban J connectivity index is 1.54. The third-order valence-corrected chi connectivity index (χ3v) is 5.63. The van der Waals surface area contributed by atoms with Crippen LogP contribution in [0.5, 0.6) is 0 Å². The molecule has 0 saturated carbocycles. The standard InChI is InChI=1S/C19H18Cl2N2O2S/c1-2-13-6-7-14(25-13)8-9-17(24)23-19-22-11-15(26-19)10-12-4-3-5-16(20)18(12)21/h3-7,11H,2,8-10H2,1H3,(H,22,23,24). The number of aryl methyl sites for hydroxylation is 2. The number of hydrogen-bond donors (Lipinski definition) is 1. The Morgan fingerprint density at radius 1 is 1.23 bits per heavy atom. The number of carbonyl (C=O) groups excluding carboxylic acids is 1. The van der Waals surface area contributed by atoms with E-state index < -0.39 is 0 Å². The van der Waals surface area contributed by atoms with Crippen molar-refractivity contribution in [2.45, 2.75) is 32.6 Å². The Bertz CT molecular complexity index is 905. The van der Waals surface area contributed by atoms with Gasteiger partial charge in [0.25, 0.3) is 0 Å². The summed E-state index contributed by atoms with van der Waals surface area (Å²) in [5.41, 5.74) is 0.935. The predicted octanol–water partition coefficient (Wildman–Crippen LogP) is 5.77. The molecule has 2 aromatic heterocycles. The number of amides is 1. The van der Waals surface area contributed by atoms with E-state index >= 15 is 0 Å². The third kappa shape index (κ3) is 4.87. The fourth-order valence-electron chi connectivity index (χ4n) is 2.48. The van der Waals surface area contributed by atoms with E-state index in [0.717, 1.165) is 28.4 Å². The lowest BCUT2D eigenvalue weighted by molar-refractivity contribution is -0.116. The van der Waals surface area contributed by atoms with E-state index in [1.54, 1.807) is 12.3 Å². The minimum Gasteiger partial charge on any atom is -0.466 e. The van der Waals surface area contributed by atoms with E-state index in [0.29, 0.717) is 34.4 Å². The molecule has 7 heteroatoms. The summed E-state index contributed by atoms with van der Waals surface area (Å²) in [4.78, 5) is 17.4. The molecule has 0 unspecified atom stereocenters. The first kappa shape index (κ1) is 19.0. The van der Waals surface area contributed by atoms with Crippen LogP contribution in [0.1, 0.15) is 35.3 Å². The summed E-state index contributed by atoms with van der Waals surface area (Å²) in [5, 5.41) is 4.50. The van der Waals surface area contributed by atoms with Gasteiger partial charge in [0.2, 0.25) is 5.91 Å². The van der Waals surface area contributed by atoms with Gasteiger partial charge in [-0.3, -0.25) is 4.79 Å². The SMILES string of the molecule is CCc1ccc(CCC(=O)Nc2ncc(Cc3cccc(Cl)c3Cl)s2)o1. The number of anilines is 1. The zero-order valence-corrected chi connectivity index (χ0v) is 16.5. The van der Waals surface area contributed by atoms with E-state index in [9.17, 15) is 4.79 Å². The van der Waals surface area contributed by atoms with Crippen LogP contribution in [0.15, 0.2) is 40.9 Å². The molecule has 0 fully saturated rings. The Morgan fingerprint density at radius 2 is 2.04 bits per heavy atom. The van der Waals surface area contributed by atoms with E-state index in [1.807, 2.05) is 31.2 Å². The number of hydrogen-bond acceptors (Lipinski definition) is 4. The summed E-state index contributed by atoms with van der Waals surface area (Å²) in [6.45, 7) is 2.03. The first-order valence-electron chi connectivity index (χ1n) is 8.30. The molecule has 4 nitrogen and oxygen atoms in total. The summed E-state index contributed by atoms with van der Waals surface area (Å²) in [6.07, 6.45) is 4.15. The maximum atomic E-state index is 12.1. The lowest BCUT2D eigenvalue weighted by Gasteiger charge is -2.03. The summed E-state index contributed by atoms with van der Waals surface area (Å²) in [7, 11) is 0. The molecule has 0 radical (unpaired) electrons. The monoisotopic (exact) mass is 408 g/mol. The van der Waals surface area contributed by atoms with Crippen molar-refractivity contribution in [1.29, 1.82) is 0 Å². The van der Waals surface area contributed by atoms with Crippen molar-refractivity contribution in [3.63, 3.8) is 0 Å². The maximum Gasteiger partial charge on any atom is 0.226 e. The van der Waals surface area contributed by atoms with E-state index in [2.05, 4.69) is 10.3 Å². The molecule has 26 heavy (non-hydrogen) atoms. The molecule has 0 bridgehead atoms. The van der Waals surface area contributed by atoms with Gasteiger partial charge in [-0.15, -0.1) is 11.3 Å². The van der Waals surface area contributed by atoms with Crippen molar-refractivity contribution in [3.05, 3.63) is 68.5 Å². The number of nitrogens with zero attached hydrogens (tertiary/aromatic N) is 1. The first-order valence-corrected chi connectivity index (χ1v) is 9.87. The minimum atomic E-state index is -0.0823. The molecule has 0 aliphatic heterocycles. The average molecular weight is 409 g/mol. The highest BCUT2D eigenvalue weighted by molar-refractivity contribution is 7.15. The number of furan rings is 1. The Morgan fingerprint density at radius 3 is 2.81 bits per heavy atom. The van der Waals surface area contributed by atoms with Crippen molar-refractivity contribution in [2.24, 2.45) is 0 Å². The molecule has 3 aromatic rings. The number of rotatable bonds is 7. The van der Waals surface area contributed by atoms with Crippen LogP contribution in [0.4, 0.5) is 5.13 Å². The van der Waals surface area contributed by atoms with Crippen LogP contribution in [-0.2, 0) is 24.1 Å². The highest BCUT2D eigenvalue weighted by atomic mass is 35.5. The molecule has 1 N–H and O–H groups in total. The van der Waals surface area contributed by atoms with Crippen LogP contribution in [0.3, 0.4) is 0 Å². The van der Waals surface area contributed by atoms with Crippen molar-refractivity contribution in [3.8, 4) is 0 Å². The molecule has 0 aliphatic rings. The maximum absolute atomic E-state index is 12.1. The first-order chi connectivity index (χ1) is 12.5. The van der Waals surface area contributed by atoms with Crippen LogP contribution in [0.2, 0.25) is 10.0 Å². The molecule has 1 amide bonds. The van der Waals surface area contributed by atoms with E-state index in [-0.39, 0.29) is 5.91 Å². The molecule has 136 valence electrons. The summed E-state index contributed by atoms with van der Waals surface area (Å²) in [6, 6.07) is 9.42. The largest absolute Gasteiger partial charge is 0.466 e.